The minimum Gasteiger partial charge on any atom is -0.491 e. The van der Waals surface area contributed by atoms with Crippen LogP contribution in [0.15, 0.2) is 24.3 Å². The van der Waals surface area contributed by atoms with Crippen molar-refractivity contribution in [2.75, 3.05) is 25.7 Å². The number of hydrogen-bond acceptors (Lipinski definition) is 4. The lowest BCUT2D eigenvalue weighted by Gasteiger charge is -2.19. The molecule has 0 N–H and O–H groups in total. The summed E-state index contributed by atoms with van der Waals surface area (Å²) in [6, 6.07) is 6.99. The first-order chi connectivity index (χ1) is 8.68. The van der Waals surface area contributed by atoms with E-state index in [4.69, 9.17) is 25.4 Å². The second-order valence-electron chi connectivity index (χ2n) is 3.34. The van der Waals surface area contributed by atoms with E-state index in [-0.39, 0.29) is 0 Å². The molecule has 0 saturated carbocycles. The van der Waals surface area contributed by atoms with Crippen LogP contribution in [0.3, 0.4) is 0 Å². The highest BCUT2D eigenvalue weighted by Gasteiger charge is 2.30. The van der Waals surface area contributed by atoms with Gasteiger partial charge in [0.25, 0.3) is 0 Å². The third kappa shape index (κ3) is 3.99. The Labute approximate surface area is 113 Å². The molecule has 0 bridgehead atoms. The molecule has 0 amide bonds. The summed E-state index contributed by atoms with van der Waals surface area (Å²) in [4.78, 5) is 0. The normalized spacial score (nSPS) is 11.5. The molecular weight excluding hydrogens is 275 g/mol. The summed E-state index contributed by atoms with van der Waals surface area (Å²) < 4.78 is 28.7. The van der Waals surface area contributed by atoms with Gasteiger partial charge in [0.05, 0.1) is 19.1 Å². The molecule has 0 aromatic heterocycles. The minimum absolute atomic E-state index is 0.307. The number of rotatable bonds is 8. The van der Waals surface area contributed by atoms with Crippen LogP contribution in [0.2, 0.25) is 0 Å². The summed E-state index contributed by atoms with van der Waals surface area (Å²) in [7, 11) is -3.32. The van der Waals surface area contributed by atoms with Crippen LogP contribution in [0.25, 0.3) is 0 Å². The molecule has 0 aliphatic rings. The highest BCUT2D eigenvalue weighted by atomic mass is 35.5. The summed E-state index contributed by atoms with van der Waals surface area (Å²) in [5, 5.41) is 0.443. The summed E-state index contributed by atoms with van der Waals surface area (Å²) in [6.45, 7) is 4.50. The first kappa shape index (κ1) is 15.5. The van der Waals surface area contributed by atoms with Crippen molar-refractivity contribution in [3.05, 3.63) is 24.3 Å². The van der Waals surface area contributed by atoms with Crippen LogP contribution < -0.4 is 10.0 Å². The molecule has 0 saturated heterocycles. The monoisotopic (exact) mass is 292 g/mol. The van der Waals surface area contributed by atoms with E-state index in [0.29, 0.717) is 36.8 Å². The van der Waals surface area contributed by atoms with Crippen LogP contribution in [0.5, 0.6) is 5.75 Å². The van der Waals surface area contributed by atoms with E-state index < -0.39 is 7.60 Å². The number of alkyl halides is 1. The fraction of sp³-hybridized carbons (Fsp3) is 0.500. The van der Waals surface area contributed by atoms with E-state index >= 15 is 0 Å². The topological polar surface area (TPSA) is 44.8 Å². The lowest BCUT2D eigenvalue weighted by molar-refractivity contribution is 0.228. The van der Waals surface area contributed by atoms with Gasteiger partial charge in [0.15, 0.2) is 0 Å². The van der Waals surface area contributed by atoms with Gasteiger partial charge in [-0.05, 0) is 26.0 Å². The molecule has 0 fully saturated rings. The Morgan fingerprint density at radius 2 is 1.78 bits per heavy atom. The molecule has 0 aliphatic carbocycles. The van der Waals surface area contributed by atoms with Crippen molar-refractivity contribution < 1.29 is 18.3 Å². The van der Waals surface area contributed by atoms with Crippen molar-refractivity contribution in [2.45, 2.75) is 13.8 Å². The molecule has 1 aromatic rings. The summed E-state index contributed by atoms with van der Waals surface area (Å²) in [5.41, 5.74) is 0. The molecule has 0 unspecified atom stereocenters. The number of para-hydroxylation sites is 1. The zero-order chi connectivity index (χ0) is 13.4. The Morgan fingerprint density at radius 3 is 2.33 bits per heavy atom. The predicted octanol–water partition coefficient (Wildman–Crippen LogP) is 3.20. The molecule has 4 nitrogen and oxygen atoms in total. The lowest BCUT2D eigenvalue weighted by atomic mass is 10.3. The molecule has 0 heterocycles. The fourth-order valence-electron chi connectivity index (χ4n) is 1.47. The minimum atomic E-state index is -3.32. The molecule has 6 heteroatoms. The standard InChI is InChI=1S/C12H18ClO4P/c1-3-16-18(14,17-4-2)12-8-6-5-7-11(12)15-10-9-13/h5-8H,3-4,9-10H2,1-2H3. The Hall–Kier alpha value is -0.540. The Kier molecular flexibility index (Phi) is 6.72. The molecule has 0 aliphatic heterocycles. The Bertz CT molecular complexity index is 401. The van der Waals surface area contributed by atoms with E-state index in [9.17, 15) is 4.57 Å². The zero-order valence-electron chi connectivity index (χ0n) is 10.6. The van der Waals surface area contributed by atoms with Crippen molar-refractivity contribution >= 4 is 24.5 Å². The van der Waals surface area contributed by atoms with Gasteiger partial charge in [0.2, 0.25) is 0 Å². The highest BCUT2D eigenvalue weighted by Crippen LogP contribution is 2.49. The van der Waals surface area contributed by atoms with Crippen molar-refractivity contribution in [2.24, 2.45) is 0 Å². The first-order valence-corrected chi connectivity index (χ1v) is 7.93. The second-order valence-corrected chi connectivity index (χ2v) is 5.71. The van der Waals surface area contributed by atoms with E-state index in [2.05, 4.69) is 0 Å². The van der Waals surface area contributed by atoms with Crippen molar-refractivity contribution in [3.8, 4) is 5.75 Å². The van der Waals surface area contributed by atoms with Gasteiger partial charge in [-0.25, -0.2) is 0 Å². The molecule has 18 heavy (non-hydrogen) atoms. The molecule has 1 aromatic carbocycles. The summed E-state index contributed by atoms with van der Waals surface area (Å²) in [5.74, 6) is 0.852. The number of ether oxygens (including phenoxy) is 1. The smallest absolute Gasteiger partial charge is 0.365 e. The lowest BCUT2D eigenvalue weighted by Crippen LogP contribution is -2.15. The largest absolute Gasteiger partial charge is 0.491 e. The van der Waals surface area contributed by atoms with Crippen LogP contribution in [0.4, 0.5) is 0 Å². The van der Waals surface area contributed by atoms with Gasteiger partial charge in [-0.2, -0.15) is 0 Å². The van der Waals surface area contributed by atoms with Crippen LogP contribution in [-0.2, 0) is 13.6 Å². The highest BCUT2D eigenvalue weighted by molar-refractivity contribution is 7.62. The zero-order valence-corrected chi connectivity index (χ0v) is 12.2. The van der Waals surface area contributed by atoms with Gasteiger partial charge in [-0.1, -0.05) is 12.1 Å². The second kappa shape index (κ2) is 7.80. The maximum atomic E-state index is 12.6. The molecule has 1 rings (SSSR count). The summed E-state index contributed by atoms with van der Waals surface area (Å²) in [6.07, 6.45) is 0. The van der Waals surface area contributed by atoms with Crippen LogP contribution in [0.1, 0.15) is 13.8 Å². The molecular formula is C12H18ClO4P. The third-order valence-electron chi connectivity index (χ3n) is 2.09. The fourth-order valence-corrected chi connectivity index (χ4v) is 3.26. The van der Waals surface area contributed by atoms with Gasteiger partial charge < -0.3 is 13.8 Å². The number of benzene rings is 1. The van der Waals surface area contributed by atoms with E-state index in [1.54, 1.807) is 38.1 Å². The van der Waals surface area contributed by atoms with Crippen molar-refractivity contribution in [3.63, 3.8) is 0 Å². The molecule has 0 spiro atoms. The van der Waals surface area contributed by atoms with Gasteiger partial charge in [-0.15, -0.1) is 11.6 Å². The number of hydrogen-bond donors (Lipinski definition) is 0. The van der Waals surface area contributed by atoms with Gasteiger partial charge in [-0.3, -0.25) is 4.57 Å². The van der Waals surface area contributed by atoms with E-state index in [0.717, 1.165) is 0 Å². The van der Waals surface area contributed by atoms with Crippen molar-refractivity contribution in [1.82, 2.24) is 0 Å². The average molecular weight is 293 g/mol. The maximum absolute atomic E-state index is 12.6. The third-order valence-corrected chi connectivity index (χ3v) is 4.40. The van der Waals surface area contributed by atoms with Crippen molar-refractivity contribution in [1.29, 1.82) is 0 Å². The van der Waals surface area contributed by atoms with E-state index in [1.165, 1.54) is 0 Å². The first-order valence-electron chi connectivity index (χ1n) is 5.85. The van der Waals surface area contributed by atoms with E-state index in [1.807, 2.05) is 0 Å². The molecule has 102 valence electrons. The average Bonchev–Trinajstić information content (AvgIpc) is 2.37. The van der Waals surface area contributed by atoms with Crippen LogP contribution in [0, 0.1) is 0 Å². The molecule has 0 radical (unpaired) electrons. The Morgan fingerprint density at radius 1 is 1.17 bits per heavy atom. The summed E-state index contributed by atoms with van der Waals surface area (Å²) >= 11 is 5.58. The predicted molar refractivity (Wildman–Crippen MR) is 73.1 cm³/mol. The maximum Gasteiger partial charge on any atom is 0.365 e. The van der Waals surface area contributed by atoms with Gasteiger partial charge >= 0.3 is 7.60 Å². The van der Waals surface area contributed by atoms with Crippen LogP contribution in [-0.4, -0.2) is 25.7 Å². The van der Waals surface area contributed by atoms with Gasteiger partial charge in [0.1, 0.15) is 17.7 Å². The Balaban J connectivity index is 3.07. The van der Waals surface area contributed by atoms with Gasteiger partial charge in [0, 0.05) is 0 Å². The van der Waals surface area contributed by atoms with Crippen LogP contribution >= 0.6 is 19.2 Å². The molecule has 0 atom stereocenters. The quantitative estimate of drug-likeness (QED) is 0.545. The number of halogens is 1. The SMILES string of the molecule is CCOP(=O)(OCC)c1ccccc1OCCCl.